The zero-order chi connectivity index (χ0) is 31.7. The normalized spacial score (nSPS) is 12.0. The average Bonchev–Trinajstić information content (AvgIpc) is 3.03. The van der Waals surface area contributed by atoms with Crippen molar-refractivity contribution in [2.75, 3.05) is 10.8 Å². The highest BCUT2D eigenvalue weighted by Gasteiger charge is 2.34. The van der Waals surface area contributed by atoms with E-state index < -0.39 is 34.3 Å². The maximum Gasteiger partial charge on any atom is 0.264 e. The number of amides is 2. The van der Waals surface area contributed by atoms with Crippen molar-refractivity contribution in [1.29, 1.82) is 0 Å². The van der Waals surface area contributed by atoms with Gasteiger partial charge >= 0.3 is 0 Å². The Morgan fingerprint density at radius 3 is 1.91 bits per heavy atom. The summed E-state index contributed by atoms with van der Waals surface area (Å²) < 4.78 is 42.9. The van der Waals surface area contributed by atoms with Gasteiger partial charge in [0.15, 0.2) is 0 Å². The van der Waals surface area contributed by atoms with E-state index in [9.17, 15) is 22.4 Å². The lowest BCUT2D eigenvalue weighted by Gasteiger charge is -2.34. The molecule has 0 heterocycles. The Labute approximate surface area is 259 Å². The van der Waals surface area contributed by atoms with E-state index in [2.05, 4.69) is 5.32 Å². The van der Waals surface area contributed by atoms with Crippen LogP contribution in [-0.4, -0.2) is 43.8 Å². The molecule has 44 heavy (non-hydrogen) atoms. The fraction of sp³-hybridized carbons (Fsp3) is 0.257. The lowest BCUT2D eigenvalue weighted by molar-refractivity contribution is -0.140. The summed E-state index contributed by atoms with van der Waals surface area (Å²) in [5.41, 5.74) is 2.77. The van der Waals surface area contributed by atoms with Crippen LogP contribution in [0.4, 0.5) is 10.1 Å². The van der Waals surface area contributed by atoms with Crippen LogP contribution in [0.25, 0.3) is 0 Å². The van der Waals surface area contributed by atoms with E-state index in [0.29, 0.717) is 11.3 Å². The second-order valence-electron chi connectivity index (χ2n) is 10.9. The zero-order valence-electron chi connectivity index (χ0n) is 25.2. The summed E-state index contributed by atoms with van der Waals surface area (Å²) in [6.07, 6.45) is 0.963. The predicted octanol–water partition coefficient (Wildman–Crippen LogP) is 5.75. The summed E-state index contributed by atoms with van der Waals surface area (Å²) in [5.74, 6) is -1.38. The number of hydrogen-bond acceptors (Lipinski definition) is 4. The van der Waals surface area contributed by atoms with Crippen LogP contribution in [0.1, 0.15) is 37.5 Å². The van der Waals surface area contributed by atoms with Gasteiger partial charge in [-0.2, -0.15) is 0 Å². The Kier molecular flexibility index (Phi) is 10.9. The molecule has 1 N–H and O–H groups in total. The maximum atomic E-state index is 14.4. The van der Waals surface area contributed by atoms with Gasteiger partial charge in [0, 0.05) is 19.0 Å². The quantitative estimate of drug-likeness (QED) is 0.208. The van der Waals surface area contributed by atoms with E-state index in [1.54, 1.807) is 42.5 Å². The van der Waals surface area contributed by atoms with E-state index in [1.807, 2.05) is 63.2 Å². The lowest BCUT2D eigenvalue weighted by Crippen LogP contribution is -2.54. The van der Waals surface area contributed by atoms with Crippen LogP contribution < -0.4 is 9.62 Å². The molecular formula is C35H38FN3O4S. The zero-order valence-corrected chi connectivity index (χ0v) is 26.0. The van der Waals surface area contributed by atoms with Crippen molar-refractivity contribution >= 4 is 27.5 Å². The van der Waals surface area contributed by atoms with E-state index in [1.165, 1.54) is 29.2 Å². The molecule has 0 radical (unpaired) electrons. The van der Waals surface area contributed by atoms with E-state index in [0.717, 1.165) is 21.9 Å². The van der Waals surface area contributed by atoms with Gasteiger partial charge in [-0.05, 0) is 73.4 Å². The molecule has 0 aromatic heterocycles. The first-order valence-corrected chi connectivity index (χ1v) is 16.1. The van der Waals surface area contributed by atoms with Gasteiger partial charge in [0.1, 0.15) is 18.4 Å². The molecule has 2 amide bonds. The highest BCUT2D eigenvalue weighted by Crippen LogP contribution is 2.26. The first kappa shape index (κ1) is 32.4. The standard InChI is InChI=1S/C35H38FN3O4S/c1-4-27-17-21-31(22-18-27)39(44(42,43)32-13-9-6-10-14-32)25-34(40)38(24-29-15-19-30(36)20-16-29)33(35(41)37-26(2)3)23-28-11-7-5-8-12-28/h5-22,26,33H,4,23-25H2,1-3H3,(H,37,41)/t33-/m0/s1. The minimum Gasteiger partial charge on any atom is -0.352 e. The number of aryl methyl sites for hydroxylation is 1. The van der Waals surface area contributed by atoms with Crippen molar-refractivity contribution in [2.45, 2.75) is 57.1 Å². The second-order valence-corrected chi connectivity index (χ2v) is 12.7. The maximum absolute atomic E-state index is 14.4. The van der Waals surface area contributed by atoms with Crippen molar-refractivity contribution < 1.29 is 22.4 Å². The molecule has 4 rings (SSSR count). The number of halogens is 1. The molecule has 7 nitrogen and oxygen atoms in total. The minimum absolute atomic E-state index is 0.0316. The van der Waals surface area contributed by atoms with E-state index in [-0.39, 0.29) is 29.8 Å². The molecule has 4 aromatic rings. The molecule has 9 heteroatoms. The third kappa shape index (κ3) is 8.32. The number of benzene rings is 4. The first-order valence-electron chi connectivity index (χ1n) is 14.6. The van der Waals surface area contributed by atoms with Crippen LogP contribution in [0, 0.1) is 5.82 Å². The first-order chi connectivity index (χ1) is 21.1. The van der Waals surface area contributed by atoms with Crippen LogP contribution in [-0.2, 0) is 39.0 Å². The second kappa shape index (κ2) is 14.8. The largest absolute Gasteiger partial charge is 0.352 e. The topological polar surface area (TPSA) is 86.8 Å². The summed E-state index contributed by atoms with van der Waals surface area (Å²) in [4.78, 5) is 29.5. The summed E-state index contributed by atoms with van der Waals surface area (Å²) in [6, 6.07) is 28.8. The predicted molar refractivity (Wildman–Crippen MR) is 171 cm³/mol. The summed E-state index contributed by atoms with van der Waals surface area (Å²) in [5, 5.41) is 2.92. The monoisotopic (exact) mass is 615 g/mol. The summed E-state index contributed by atoms with van der Waals surface area (Å²) >= 11 is 0. The van der Waals surface area contributed by atoms with Gasteiger partial charge in [-0.25, -0.2) is 12.8 Å². The van der Waals surface area contributed by atoms with Crippen molar-refractivity contribution in [3.63, 3.8) is 0 Å². The van der Waals surface area contributed by atoms with Crippen LogP contribution in [0.5, 0.6) is 0 Å². The Morgan fingerprint density at radius 2 is 1.34 bits per heavy atom. The van der Waals surface area contributed by atoms with Crippen molar-refractivity contribution in [3.05, 3.63) is 132 Å². The molecule has 0 bridgehead atoms. The Morgan fingerprint density at radius 1 is 0.773 bits per heavy atom. The van der Waals surface area contributed by atoms with Crippen molar-refractivity contribution in [1.82, 2.24) is 10.2 Å². The molecule has 4 aromatic carbocycles. The van der Waals surface area contributed by atoms with Gasteiger partial charge < -0.3 is 10.2 Å². The summed E-state index contributed by atoms with van der Waals surface area (Å²) in [6.45, 7) is 5.08. The lowest BCUT2D eigenvalue weighted by atomic mass is 10.0. The number of anilines is 1. The van der Waals surface area contributed by atoms with Gasteiger partial charge in [0.25, 0.3) is 10.0 Å². The fourth-order valence-electron chi connectivity index (χ4n) is 4.87. The molecular weight excluding hydrogens is 577 g/mol. The Hall–Kier alpha value is -4.50. The number of carbonyl (C=O) groups excluding carboxylic acids is 2. The molecule has 1 atom stereocenters. The van der Waals surface area contributed by atoms with Crippen LogP contribution in [0.2, 0.25) is 0 Å². The Bertz CT molecular complexity index is 1630. The van der Waals surface area contributed by atoms with Crippen molar-refractivity contribution in [2.24, 2.45) is 0 Å². The number of sulfonamides is 1. The van der Waals surface area contributed by atoms with E-state index >= 15 is 0 Å². The third-order valence-corrected chi connectivity index (χ3v) is 9.00. The number of nitrogens with one attached hydrogen (secondary N) is 1. The molecule has 0 aliphatic rings. The van der Waals surface area contributed by atoms with Gasteiger partial charge in [-0.1, -0.05) is 79.7 Å². The minimum atomic E-state index is -4.17. The molecule has 0 fully saturated rings. The SMILES string of the molecule is CCc1ccc(N(CC(=O)N(Cc2ccc(F)cc2)[C@@H](Cc2ccccc2)C(=O)NC(C)C)S(=O)(=O)c2ccccc2)cc1. The third-order valence-electron chi connectivity index (χ3n) is 7.21. The van der Waals surface area contributed by atoms with Crippen molar-refractivity contribution in [3.8, 4) is 0 Å². The fourth-order valence-corrected chi connectivity index (χ4v) is 6.30. The Balaban J connectivity index is 1.79. The molecule has 0 saturated carbocycles. The smallest absolute Gasteiger partial charge is 0.264 e. The molecule has 230 valence electrons. The average molecular weight is 616 g/mol. The van der Waals surface area contributed by atoms with Crippen LogP contribution in [0.3, 0.4) is 0 Å². The number of nitrogens with zero attached hydrogens (tertiary/aromatic N) is 2. The summed E-state index contributed by atoms with van der Waals surface area (Å²) in [7, 11) is -4.17. The van der Waals surface area contributed by atoms with Crippen LogP contribution in [0.15, 0.2) is 114 Å². The highest BCUT2D eigenvalue weighted by molar-refractivity contribution is 7.92. The molecule has 0 saturated heterocycles. The number of rotatable bonds is 13. The van der Waals surface area contributed by atoms with Crippen LogP contribution >= 0.6 is 0 Å². The van der Waals surface area contributed by atoms with Gasteiger partial charge in [0.05, 0.1) is 10.6 Å². The van der Waals surface area contributed by atoms with Gasteiger partial charge in [-0.15, -0.1) is 0 Å². The molecule has 0 spiro atoms. The van der Waals surface area contributed by atoms with E-state index in [4.69, 9.17) is 0 Å². The number of carbonyl (C=O) groups is 2. The number of hydrogen-bond donors (Lipinski definition) is 1. The highest BCUT2D eigenvalue weighted by atomic mass is 32.2. The van der Waals surface area contributed by atoms with Gasteiger partial charge in [-0.3, -0.25) is 13.9 Å². The molecule has 0 aliphatic carbocycles. The molecule has 0 unspecified atom stereocenters. The molecule has 0 aliphatic heterocycles. The van der Waals surface area contributed by atoms with Gasteiger partial charge in [0.2, 0.25) is 11.8 Å².